The molecule has 2 aromatic rings. The third kappa shape index (κ3) is 5.92. The molecule has 7 heteroatoms. The minimum atomic E-state index is -0.207. The number of carbonyl (C=O) groups excluding carboxylic acids is 1. The van der Waals surface area contributed by atoms with Gasteiger partial charge in [-0.1, -0.05) is 17.7 Å². The van der Waals surface area contributed by atoms with Crippen molar-refractivity contribution >= 4 is 46.2 Å². The lowest BCUT2D eigenvalue weighted by Gasteiger charge is -2.12. The predicted octanol–water partition coefficient (Wildman–Crippen LogP) is 3.97. The molecule has 2 rings (SSSR count). The zero-order valence-corrected chi connectivity index (χ0v) is 15.6. The number of benzene rings is 2. The van der Waals surface area contributed by atoms with Gasteiger partial charge in [-0.25, -0.2) is 0 Å². The lowest BCUT2D eigenvalue weighted by Crippen LogP contribution is -2.35. The summed E-state index contributed by atoms with van der Waals surface area (Å²) in [5.74, 6) is 0.587. The number of amides is 1. The molecule has 0 heterocycles. The van der Waals surface area contributed by atoms with Crippen molar-refractivity contribution < 1.29 is 9.53 Å². The highest BCUT2D eigenvalue weighted by Crippen LogP contribution is 2.22. The molecular formula is C18H20ClN3O2S. The number of halogens is 1. The molecule has 0 bridgehead atoms. The van der Waals surface area contributed by atoms with Gasteiger partial charge in [0.25, 0.3) is 0 Å². The van der Waals surface area contributed by atoms with Gasteiger partial charge in [-0.3, -0.25) is 4.79 Å². The first-order valence-electron chi connectivity index (χ1n) is 7.82. The molecule has 0 radical (unpaired) electrons. The van der Waals surface area contributed by atoms with Crippen LogP contribution in [0.4, 0.5) is 11.4 Å². The van der Waals surface area contributed by atoms with E-state index in [9.17, 15) is 4.79 Å². The maximum atomic E-state index is 12.0. The van der Waals surface area contributed by atoms with Crippen LogP contribution in [-0.4, -0.2) is 24.2 Å². The van der Waals surface area contributed by atoms with E-state index < -0.39 is 0 Å². The SMILES string of the molecule is CCOc1ccc(NC(=S)NCC(=O)Nc2cccc(Cl)c2C)cc1. The molecular weight excluding hydrogens is 358 g/mol. The summed E-state index contributed by atoms with van der Waals surface area (Å²) in [6, 6.07) is 12.8. The number of anilines is 2. The number of nitrogens with one attached hydrogen (secondary N) is 3. The first-order valence-corrected chi connectivity index (χ1v) is 8.61. The molecule has 2 aromatic carbocycles. The van der Waals surface area contributed by atoms with Crippen LogP contribution in [0.1, 0.15) is 12.5 Å². The van der Waals surface area contributed by atoms with Crippen molar-refractivity contribution in [1.82, 2.24) is 5.32 Å². The second-order valence-electron chi connectivity index (χ2n) is 5.23. The van der Waals surface area contributed by atoms with Crippen molar-refractivity contribution in [3.63, 3.8) is 0 Å². The Balaban J connectivity index is 1.81. The Hall–Kier alpha value is -2.31. The highest BCUT2D eigenvalue weighted by Gasteiger charge is 2.07. The second kappa shape index (κ2) is 9.25. The van der Waals surface area contributed by atoms with Crippen molar-refractivity contribution in [2.24, 2.45) is 0 Å². The summed E-state index contributed by atoms with van der Waals surface area (Å²) in [7, 11) is 0. The van der Waals surface area contributed by atoms with Gasteiger partial charge in [0, 0.05) is 16.4 Å². The molecule has 0 fully saturated rings. The highest BCUT2D eigenvalue weighted by atomic mass is 35.5. The quantitative estimate of drug-likeness (QED) is 0.665. The van der Waals surface area contributed by atoms with Gasteiger partial charge in [0.15, 0.2) is 5.11 Å². The molecule has 132 valence electrons. The molecule has 25 heavy (non-hydrogen) atoms. The van der Waals surface area contributed by atoms with Crippen LogP contribution in [0.5, 0.6) is 5.75 Å². The number of carbonyl (C=O) groups is 1. The zero-order chi connectivity index (χ0) is 18.2. The fourth-order valence-corrected chi connectivity index (χ4v) is 2.44. The number of rotatable bonds is 6. The van der Waals surface area contributed by atoms with Crippen LogP contribution in [-0.2, 0) is 4.79 Å². The smallest absolute Gasteiger partial charge is 0.243 e. The van der Waals surface area contributed by atoms with Gasteiger partial charge in [0.2, 0.25) is 5.91 Å². The van der Waals surface area contributed by atoms with E-state index in [4.69, 9.17) is 28.6 Å². The largest absolute Gasteiger partial charge is 0.494 e. The standard InChI is InChI=1S/C18H20ClN3O2S/c1-3-24-14-9-7-13(8-10-14)21-18(25)20-11-17(23)22-16-6-4-5-15(19)12(16)2/h4-10H,3,11H2,1-2H3,(H,22,23)(H2,20,21,25). The van der Waals surface area contributed by atoms with Gasteiger partial charge in [-0.2, -0.15) is 0 Å². The highest BCUT2D eigenvalue weighted by molar-refractivity contribution is 7.80. The van der Waals surface area contributed by atoms with E-state index in [1.807, 2.05) is 38.1 Å². The fourth-order valence-electron chi connectivity index (χ4n) is 2.07. The number of thiocarbonyl (C=S) groups is 1. The topological polar surface area (TPSA) is 62.4 Å². The van der Waals surface area contributed by atoms with Crippen molar-refractivity contribution in [3.05, 3.63) is 53.1 Å². The molecule has 0 aliphatic rings. The molecule has 0 aliphatic carbocycles. The van der Waals surface area contributed by atoms with Crippen molar-refractivity contribution in [2.75, 3.05) is 23.8 Å². The average molecular weight is 378 g/mol. The van der Waals surface area contributed by atoms with E-state index in [1.54, 1.807) is 18.2 Å². The second-order valence-corrected chi connectivity index (χ2v) is 6.04. The third-order valence-corrected chi connectivity index (χ3v) is 4.03. The van der Waals surface area contributed by atoms with Gasteiger partial charge in [-0.05, 0) is 68.0 Å². The summed E-state index contributed by atoms with van der Waals surface area (Å²) in [5.41, 5.74) is 2.32. The first kappa shape index (κ1) is 19.0. The van der Waals surface area contributed by atoms with Gasteiger partial charge in [-0.15, -0.1) is 0 Å². The molecule has 0 unspecified atom stereocenters. The lowest BCUT2D eigenvalue weighted by atomic mass is 10.2. The molecule has 5 nitrogen and oxygen atoms in total. The van der Waals surface area contributed by atoms with E-state index in [0.29, 0.717) is 22.4 Å². The van der Waals surface area contributed by atoms with Crippen LogP contribution >= 0.6 is 23.8 Å². The van der Waals surface area contributed by atoms with Crippen molar-refractivity contribution in [2.45, 2.75) is 13.8 Å². The normalized spacial score (nSPS) is 10.0. The Morgan fingerprint density at radius 3 is 2.56 bits per heavy atom. The summed E-state index contributed by atoms with van der Waals surface area (Å²) in [5, 5.41) is 9.66. The number of hydrogen-bond donors (Lipinski definition) is 3. The molecule has 0 aliphatic heterocycles. The summed E-state index contributed by atoms with van der Waals surface area (Å²) < 4.78 is 5.38. The van der Waals surface area contributed by atoms with E-state index in [2.05, 4.69) is 16.0 Å². The van der Waals surface area contributed by atoms with E-state index in [0.717, 1.165) is 17.0 Å². The van der Waals surface area contributed by atoms with Crippen molar-refractivity contribution in [1.29, 1.82) is 0 Å². The Kier molecular flexibility index (Phi) is 7.03. The van der Waals surface area contributed by atoms with Gasteiger partial charge in [0.05, 0.1) is 13.2 Å². The Labute approximate surface area is 157 Å². The summed E-state index contributed by atoms with van der Waals surface area (Å²) in [4.78, 5) is 12.0. The minimum Gasteiger partial charge on any atom is -0.494 e. The molecule has 1 amide bonds. The molecule has 0 saturated carbocycles. The van der Waals surface area contributed by atoms with E-state index >= 15 is 0 Å². The average Bonchev–Trinajstić information content (AvgIpc) is 2.59. The van der Waals surface area contributed by atoms with Crippen LogP contribution in [0, 0.1) is 6.92 Å². The summed E-state index contributed by atoms with van der Waals surface area (Å²) >= 11 is 11.2. The van der Waals surface area contributed by atoms with Crippen LogP contribution in [0.2, 0.25) is 5.02 Å². The molecule has 0 aromatic heterocycles. The van der Waals surface area contributed by atoms with E-state index in [-0.39, 0.29) is 12.5 Å². The summed E-state index contributed by atoms with van der Waals surface area (Å²) in [6.45, 7) is 4.45. The van der Waals surface area contributed by atoms with E-state index in [1.165, 1.54) is 0 Å². The number of hydrogen-bond acceptors (Lipinski definition) is 3. The van der Waals surface area contributed by atoms with Gasteiger partial charge in [0.1, 0.15) is 5.75 Å². The molecule has 0 saturated heterocycles. The Morgan fingerprint density at radius 1 is 1.16 bits per heavy atom. The number of ether oxygens (including phenoxy) is 1. The van der Waals surface area contributed by atoms with Gasteiger partial charge >= 0.3 is 0 Å². The van der Waals surface area contributed by atoms with Crippen LogP contribution < -0.4 is 20.7 Å². The Bertz CT molecular complexity index is 750. The third-order valence-electron chi connectivity index (χ3n) is 3.37. The predicted molar refractivity (Wildman–Crippen MR) is 107 cm³/mol. The molecule has 3 N–H and O–H groups in total. The monoisotopic (exact) mass is 377 g/mol. The van der Waals surface area contributed by atoms with Crippen LogP contribution in [0.3, 0.4) is 0 Å². The van der Waals surface area contributed by atoms with Gasteiger partial charge < -0.3 is 20.7 Å². The maximum absolute atomic E-state index is 12.0. The lowest BCUT2D eigenvalue weighted by molar-refractivity contribution is -0.115. The zero-order valence-electron chi connectivity index (χ0n) is 14.1. The summed E-state index contributed by atoms with van der Waals surface area (Å²) in [6.07, 6.45) is 0. The molecule has 0 atom stereocenters. The first-order chi connectivity index (χ1) is 12.0. The minimum absolute atomic E-state index is 0.0504. The molecule has 0 spiro atoms. The van der Waals surface area contributed by atoms with Crippen LogP contribution in [0.15, 0.2) is 42.5 Å². The maximum Gasteiger partial charge on any atom is 0.243 e. The fraction of sp³-hybridized carbons (Fsp3) is 0.222. The van der Waals surface area contributed by atoms with Crippen LogP contribution in [0.25, 0.3) is 0 Å². The Morgan fingerprint density at radius 2 is 1.88 bits per heavy atom. The van der Waals surface area contributed by atoms with Crippen molar-refractivity contribution in [3.8, 4) is 5.75 Å².